The largest absolute Gasteiger partial charge is 0.472 e. The number of nitrogens with zero attached hydrogens (tertiary/aromatic N) is 3. The fourth-order valence-electron chi connectivity index (χ4n) is 1.82. The zero-order chi connectivity index (χ0) is 14.8. The Hall–Kier alpha value is -2.74. The van der Waals surface area contributed by atoms with Gasteiger partial charge in [-0.3, -0.25) is 14.9 Å². The first-order chi connectivity index (χ1) is 10.1. The number of hydrogen-bond donors (Lipinski definition) is 0. The molecule has 21 heavy (non-hydrogen) atoms. The van der Waals surface area contributed by atoms with Crippen molar-refractivity contribution in [1.29, 1.82) is 0 Å². The summed E-state index contributed by atoms with van der Waals surface area (Å²) in [5, 5.41) is 13.3. The lowest BCUT2D eigenvalue weighted by Crippen LogP contribution is -2.19. The molecule has 0 radical (unpaired) electrons. The van der Waals surface area contributed by atoms with Crippen LogP contribution in [0.2, 0.25) is 0 Å². The molecule has 0 unspecified atom stereocenters. The summed E-state index contributed by atoms with van der Waals surface area (Å²) in [4.78, 5) is 26.3. The van der Waals surface area contributed by atoms with E-state index in [1.54, 1.807) is 18.6 Å². The van der Waals surface area contributed by atoms with Crippen LogP contribution in [-0.2, 0) is 6.54 Å². The van der Waals surface area contributed by atoms with Gasteiger partial charge in [0, 0.05) is 23.1 Å². The normalized spacial score (nSPS) is 10.7. The molecule has 3 rings (SSSR count). The van der Waals surface area contributed by atoms with Gasteiger partial charge in [-0.2, -0.15) is 0 Å². The Morgan fingerprint density at radius 1 is 1.38 bits per heavy atom. The van der Waals surface area contributed by atoms with E-state index in [0.29, 0.717) is 5.69 Å². The molecule has 3 heterocycles. The van der Waals surface area contributed by atoms with Gasteiger partial charge in [0.25, 0.3) is 11.2 Å². The van der Waals surface area contributed by atoms with E-state index in [9.17, 15) is 14.9 Å². The van der Waals surface area contributed by atoms with E-state index < -0.39 is 4.92 Å². The van der Waals surface area contributed by atoms with Crippen molar-refractivity contribution in [2.75, 3.05) is 0 Å². The number of rotatable bonds is 4. The molecule has 7 nitrogen and oxygen atoms in total. The van der Waals surface area contributed by atoms with E-state index in [1.807, 2.05) is 5.38 Å². The second kappa shape index (κ2) is 5.33. The van der Waals surface area contributed by atoms with Crippen LogP contribution in [-0.4, -0.2) is 14.5 Å². The summed E-state index contributed by atoms with van der Waals surface area (Å²) >= 11 is 1.42. The highest BCUT2D eigenvalue weighted by Gasteiger charge is 2.10. The smallest absolute Gasteiger partial charge is 0.285 e. The van der Waals surface area contributed by atoms with E-state index in [-0.39, 0.29) is 17.8 Å². The summed E-state index contributed by atoms with van der Waals surface area (Å²) in [5.74, 6) is 0. The molecule has 0 atom stereocenters. The summed E-state index contributed by atoms with van der Waals surface area (Å²) in [7, 11) is 0. The van der Waals surface area contributed by atoms with Gasteiger partial charge in [0.15, 0.2) is 0 Å². The third-order valence-corrected chi connectivity index (χ3v) is 3.77. The maximum atomic E-state index is 11.7. The predicted molar refractivity (Wildman–Crippen MR) is 76.3 cm³/mol. The standard InChI is InChI=1S/C13H9N3O4S/c17-12-2-1-11(16(18)19)6-15(12)5-10-8-21-13(14-10)9-3-4-20-7-9/h1-4,6-8H,5H2. The molecular weight excluding hydrogens is 294 g/mol. The third kappa shape index (κ3) is 2.75. The van der Waals surface area contributed by atoms with Crippen molar-refractivity contribution in [2.45, 2.75) is 6.54 Å². The molecular formula is C13H9N3O4S. The number of thiazole rings is 1. The predicted octanol–water partition coefficient (Wildman–Crippen LogP) is 2.52. The van der Waals surface area contributed by atoms with Crippen molar-refractivity contribution >= 4 is 17.0 Å². The van der Waals surface area contributed by atoms with Crippen LogP contribution in [0.15, 0.2) is 51.5 Å². The summed E-state index contributed by atoms with van der Waals surface area (Å²) in [5.41, 5.74) is 1.09. The number of aromatic nitrogens is 2. The topological polar surface area (TPSA) is 91.2 Å². The van der Waals surface area contributed by atoms with Crippen LogP contribution in [0, 0.1) is 10.1 Å². The molecule has 0 saturated heterocycles. The van der Waals surface area contributed by atoms with Crippen LogP contribution < -0.4 is 5.56 Å². The van der Waals surface area contributed by atoms with Crippen molar-refractivity contribution in [3.63, 3.8) is 0 Å². The van der Waals surface area contributed by atoms with Crippen molar-refractivity contribution in [3.05, 3.63) is 68.5 Å². The van der Waals surface area contributed by atoms with Gasteiger partial charge in [0.2, 0.25) is 0 Å². The van der Waals surface area contributed by atoms with Gasteiger partial charge in [-0.05, 0) is 6.07 Å². The highest BCUT2D eigenvalue weighted by atomic mass is 32.1. The van der Waals surface area contributed by atoms with Crippen LogP contribution in [0.1, 0.15) is 5.69 Å². The lowest BCUT2D eigenvalue weighted by Gasteiger charge is -2.02. The molecule has 0 amide bonds. The van der Waals surface area contributed by atoms with Gasteiger partial charge in [-0.15, -0.1) is 11.3 Å². The van der Waals surface area contributed by atoms with Gasteiger partial charge in [-0.1, -0.05) is 0 Å². The van der Waals surface area contributed by atoms with Crippen LogP contribution in [0.25, 0.3) is 10.6 Å². The number of hydrogen-bond acceptors (Lipinski definition) is 6. The fourth-order valence-corrected chi connectivity index (χ4v) is 2.62. The molecule has 0 aliphatic rings. The van der Waals surface area contributed by atoms with Gasteiger partial charge in [0.05, 0.1) is 29.6 Å². The van der Waals surface area contributed by atoms with E-state index in [4.69, 9.17) is 4.42 Å². The van der Waals surface area contributed by atoms with Crippen LogP contribution in [0.5, 0.6) is 0 Å². The van der Waals surface area contributed by atoms with E-state index in [2.05, 4.69) is 4.98 Å². The molecule has 106 valence electrons. The molecule has 0 aliphatic carbocycles. The average Bonchev–Trinajstić information content (AvgIpc) is 3.11. The van der Waals surface area contributed by atoms with Crippen molar-refractivity contribution in [2.24, 2.45) is 0 Å². The molecule has 0 aromatic carbocycles. The fraction of sp³-hybridized carbons (Fsp3) is 0.0769. The average molecular weight is 303 g/mol. The summed E-state index contributed by atoms with van der Waals surface area (Å²) in [6.07, 6.45) is 4.36. The molecule has 0 saturated carbocycles. The first-order valence-corrected chi connectivity index (χ1v) is 6.83. The maximum absolute atomic E-state index is 11.7. The Labute approximate surface area is 122 Å². The molecule has 0 bridgehead atoms. The van der Waals surface area contributed by atoms with Crippen molar-refractivity contribution in [3.8, 4) is 10.6 Å². The first kappa shape index (κ1) is 13.3. The molecule has 3 aromatic rings. The van der Waals surface area contributed by atoms with Gasteiger partial charge >= 0.3 is 0 Å². The van der Waals surface area contributed by atoms with E-state index in [1.165, 1.54) is 34.2 Å². The Balaban J connectivity index is 1.89. The summed E-state index contributed by atoms with van der Waals surface area (Å²) in [6.45, 7) is 0.189. The van der Waals surface area contributed by atoms with Gasteiger partial charge in [-0.25, -0.2) is 4.98 Å². The lowest BCUT2D eigenvalue weighted by atomic mass is 10.3. The SMILES string of the molecule is O=c1ccc([N+](=O)[O-])cn1Cc1csc(-c2ccoc2)n1. The highest BCUT2D eigenvalue weighted by molar-refractivity contribution is 7.13. The number of furan rings is 1. The molecule has 0 spiro atoms. The van der Waals surface area contributed by atoms with Crippen LogP contribution in [0.4, 0.5) is 5.69 Å². The minimum Gasteiger partial charge on any atom is -0.472 e. The van der Waals surface area contributed by atoms with Gasteiger partial charge in [0.1, 0.15) is 11.3 Å². The van der Waals surface area contributed by atoms with Crippen LogP contribution in [0.3, 0.4) is 0 Å². The summed E-state index contributed by atoms with van der Waals surface area (Å²) in [6, 6.07) is 4.17. The molecule has 3 aromatic heterocycles. The third-order valence-electron chi connectivity index (χ3n) is 2.83. The first-order valence-electron chi connectivity index (χ1n) is 5.95. The van der Waals surface area contributed by atoms with Crippen molar-refractivity contribution < 1.29 is 9.34 Å². The van der Waals surface area contributed by atoms with E-state index in [0.717, 1.165) is 10.6 Å². The minimum absolute atomic E-state index is 0.125. The Morgan fingerprint density at radius 2 is 2.24 bits per heavy atom. The van der Waals surface area contributed by atoms with E-state index >= 15 is 0 Å². The zero-order valence-corrected chi connectivity index (χ0v) is 11.4. The zero-order valence-electron chi connectivity index (χ0n) is 10.6. The molecule has 0 fully saturated rings. The maximum Gasteiger partial charge on any atom is 0.285 e. The summed E-state index contributed by atoms with van der Waals surface area (Å²) < 4.78 is 6.26. The molecule has 0 aliphatic heterocycles. The minimum atomic E-state index is -0.534. The second-order valence-corrected chi connectivity index (χ2v) is 5.12. The van der Waals surface area contributed by atoms with Crippen molar-refractivity contribution in [1.82, 2.24) is 9.55 Å². The van der Waals surface area contributed by atoms with Gasteiger partial charge < -0.3 is 8.98 Å². The number of pyridine rings is 1. The number of nitro groups is 1. The molecule has 8 heteroatoms. The Morgan fingerprint density at radius 3 is 2.95 bits per heavy atom. The quantitative estimate of drug-likeness (QED) is 0.545. The monoisotopic (exact) mass is 303 g/mol. The highest BCUT2D eigenvalue weighted by Crippen LogP contribution is 2.24. The molecule has 0 N–H and O–H groups in total. The second-order valence-electron chi connectivity index (χ2n) is 4.27. The Kier molecular flexibility index (Phi) is 3.36. The van der Waals surface area contributed by atoms with Crippen LogP contribution >= 0.6 is 11.3 Å². The Bertz CT molecular complexity index is 835. The lowest BCUT2D eigenvalue weighted by molar-refractivity contribution is -0.385.